The van der Waals surface area contributed by atoms with Crippen molar-refractivity contribution in [3.8, 4) is 0 Å². The van der Waals surface area contributed by atoms with Gasteiger partial charge in [-0.05, 0) is 12.5 Å². The molecule has 1 aromatic carbocycles. The summed E-state index contributed by atoms with van der Waals surface area (Å²) >= 11 is 0. The topological polar surface area (TPSA) is 75.4 Å². The Morgan fingerprint density at radius 3 is 2.75 bits per heavy atom. The minimum atomic E-state index is -0.693. The van der Waals surface area contributed by atoms with Gasteiger partial charge in [0.25, 0.3) is 5.69 Å². The second-order valence-electron chi connectivity index (χ2n) is 3.35. The Morgan fingerprint density at radius 2 is 2.31 bits per heavy atom. The molecule has 0 fully saturated rings. The number of benzene rings is 1. The normalized spacial score (nSPS) is 12.2. The van der Waals surface area contributed by atoms with Gasteiger partial charge in [-0.2, -0.15) is 0 Å². The molecule has 0 bridgehead atoms. The third kappa shape index (κ3) is 2.90. The van der Waals surface area contributed by atoms with Gasteiger partial charge in [-0.3, -0.25) is 10.1 Å². The van der Waals surface area contributed by atoms with Crippen LogP contribution in [-0.2, 0) is 0 Å². The highest BCUT2D eigenvalue weighted by Gasteiger charge is 2.12. The summed E-state index contributed by atoms with van der Waals surface area (Å²) in [5.74, 6) is -0.693. The second kappa shape index (κ2) is 5.41. The highest BCUT2D eigenvalue weighted by atomic mass is 19.1. The largest absolute Gasteiger partial charge is 0.394 e. The fourth-order valence-electron chi connectivity index (χ4n) is 1.23. The van der Waals surface area contributed by atoms with Gasteiger partial charge >= 0.3 is 0 Å². The van der Waals surface area contributed by atoms with E-state index in [0.717, 1.165) is 6.07 Å². The molecule has 0 heterocycles. The average molecular weight is 228 g/mol. The predicted molar refractivity (Wildman–Crippen MR) is 57.8 cm³/mol. The predicted octanol–water partition coefficient (Wildman–Crippen LogP) is 1.92. The second-order valence-corrected chi connectivity index (χ2v) is 3.35. The molecule has 0 aliphatic heterocycles. The van der Waals surface area contributed by atoms with Crippen molar-refractivity contribution in [3.05, 3.63) is 34.1 Å². The molecule has 0 amide bonds. The molecule has 1 rings (SSSR count). The number of rotatable bonds is 5. The standard InChI is InChI=1S/C10H13FN2O3/c1-2-7(6-14)12-10-4-3-8(13(15)16)5-9(10)11/h3-5,7,12,14H,2,6H2,1H3/t7-/m0/s1. The first kappa shape index (κ1) is 12.4. The fourth-order valence-corrected chi connectivity index (χ4v) is 1.23. The molecular weight excluding hydrogens is 215 g/mol. The molecule has 5 nitrogen and oxygen atoms in total. The first-order chi connectivity index (χ1) is 7.58. The van der Waals surface area contributed by atoms with Crippen LogP contribution >= 0.6 is 0 Å². The van der Waals surface area contributed by atoms with Gasteiger partial charge in [0.1, 0.15) is 0 Å². The summed E-state index contributed by atoms with van der Waals surface area (Å²) in [6.07, 6.45) is 0.632. The molecule has 1 atom stereocenters. The van der Waals surface area contributed by atoms with E-state index in [-0.39, 0.29) is 24.0 Å². The Bertz CT molecular complexity index is 380. The maximum Gasteiger partial charge on any atom is 0.272 e. The number of hydrogen-bond acceptors (Lipinski definition) is 4. The van der Waals surface area contributed by atoms with Crippen LogP contribution in [0.3, 0.4) is 0 Å². The lowest BCUT2D eigenvalue weighted by Gasteiger charge is -2.15. The van der Waals surface area contributed by atoms with Gasteiger partial charge < -0.3 is 10.4 Å². The number of non-ortho nitro benzene ring substituents is 1. The van der Waals surface area contributed by atoms with Gasteiger partial charge in [-0.1, -0.05) is 6.92 Å². The number of aliphatic hydroxyl groups is 1. The summed E-state index contributed by atoms with van der Waals surface area (Å²) in [6.45, 7) is 1.73. The van der Waals surface area contributed by atoms with E-state index in [9.17, 15) is 14.5 Å². The summed E-state index contributed by atoms with van der Waals surface area (Å²) in [7, 11) is 0. The maximum absolute atomic E-state index is 13.4. The number of nitrogens with one attached hydrogen (secondary N) is 1. The van der Waals surface area contributed by atoms with Crippen molar-refractivity contribution in [2.24, 2.45) is 0 Å². The minimum Gasteiger partial charge on any atom is -0.394 e. The van der Waals surface area contributed by atoms with Crippen molar-refractivity contribution in [3.63, 3.8) is 0 Å². The number of aliphatic hydroxyl groups excluding tert-OH is 1. The Hall–Kier alpha value is -1.69. The molecule has 0 saturated heterocycles. The zero-order chi connectivity index (χ0) is 12.1. The van der Waals surface area contributed by atoms with E-state index in [1.54, 1.807) is 0 Å². The Labute approximate surface area is 92.1 Å². The smallest absolute Gasteiger partial charge is 0.272 e. The van der Waals surface area contributed by atoms with E-state index in [1.807, 2.05) is 6.92 Å². The molecule has 0 saturated carbocycles. The van der Waals surface area contributed by atoms with Crippen molar-refractivity contribution in [1.82, 2.24) is 0 Å². The lowest BCUT2D eigenvalue weighted by atomic mass is 10.2. The van der Waals surface area contributed by atoms with Crippen LogP contribution in [0.25, 0.3) is 0 Å². The van der Waals surface area contributed by atoms with Crippen LogP contribution in [0.15, 0.2) is 18.2 Å². The van der Waals surface area contributed by atoms with Crippen molar-refractivity contribution in [2.75, 3.05) is 11.9 Å². The molecule has 0 spiro atoms. The molecule has 0 unspecified atom stereocenters. The number of hydrogen-bond donors (Lipinski definition) is 2. The van der Waals surface area contributed by atoms with Gasteiger partial charge in [0.05, 0.1) is 23.3 Å². The van der Waals surface area contributed by atoms with Crippen LogP contribution < -0.4 is 5.32 Å². The first-order valence-electron chi connectivity index (χ1n) is 4.89. The van der Waals surface area contributed by atoms with Crippen LogP contribution in [0.4, 0.5) is 15.8 Å². The number of halogens is 1. The number of anilines is 1. The highest BCUT2D eigenvalue weighted by molar-refractivity contribution is 5.50. The van der Waals surface area contributed by atoms with E-state index < -0.39 is 10.7 Å². The van der Waals surface area contributed by atoms with Crippen LogP contribution in [0.1, 0.15) is 13.3 Å². The third-order valence-electron chi connectivity index (χ3n) is 2.24. The molecule has 1 aromatic rings. The quantitative estimate of drug-likeness (QED) is 0.596. The summed E-state index contributed by atoms with van der Waals surface area (Å²) < 4.78 is 13.4. The molecular formula is C10H13FN2O3. The lowest BCUT2D eigenvalue weighted by molar-refractivity contribution is -0.385. The maximum atomic E-state index is 13.4. The highest BCUT2D eigenvalue weighted by Crippen LogP contribution is 2.21. The Balaban J connectivity index is 2.86. The van der Waals surface area contributed by atoms with Crippen LogP contribution in [-0.4, -0.2) is 22.7 Å². The summed E-state index contributed by atoms with van der Waals surface area (Å²) in [5, 5.41) is 22.1. The van der Waals surface area contributed by atoms with Gasteiger partial charge in [-0.15, -0.1) is 0 Å². The molecule has 6 heteroatoms. The monoisotopic (exact) mass is 228 g/mol. The van der Waals surface area contributed by atoms with Crippen LogP contribution in [0.2, 0.25) is 0 Å². The SMILES string of the molecule is CC[C@@H](CO)Nc1ccc([N+](=O)[O-])cc1F. The van der Waals surface area contributed by atoms with Crippen molar-refractivity contribution in [2.45, 2.75) is 19.4 Å². The summed E-state index contributed by atoms with van der Waals surface area (Å²) in [5.41, 5.74) is -0.133. The molecule has 0 radical (unpaired) electrons. The number of nitro groups is 1. The van der Waals surface area contributed by atoms with E-state index in [0.29, 0.717) is 6.42 Å². The van der Waals surface area contributed by atoms with E-state index in [4.69, 9.17) is 5.11 Å². The first-order valence-corrected chi connectivity index (χ1v) is 4.89. The number of nitro benzene ring substituents is 1. The van der Waals surface area contributed by atoms with Crippen LogP contribution in [0.5, 0.6) is 0 Å². The van der Waals surface area contributed by atoms with E-state index in [1.165, 1.54) is 12.1 Å². The molecule has 2 N–H and O–H groups in total. The van der Waals surface area contributed by atoms with Gasteiger partial charge in [0.15, 0.2) is 5.82 Å². The number of nitrogens with zero attached hydrogens (tertiary/aromatic N) is 1. The van der Waals surface area contributed by atoms with Gasteiger partial charge in [0.2, 0.25) is 0 Å². The molecule has 88 valence electrons. The van der Waals surface area contributed by atoms with Crippen molar-refractivity contribution >= 4 is 11.4 Å². The molecule has 0 aliphatic rings. The molecule has 0 aromatic heterocycles. The van der Waals surface area contributed by atoms with Crippen LogP contribution in [0, 0.1) is 15.9 Å². The molecule has 16 heavy (non-hydrogen) atoms. The zero-order valence-corrected chi connectivity index (χ0v) is 8.81. The molecule has 0 aliphatic carbocycles. The van der Waals surface area contributed by atoms with Crippen molar-refractivity contribution < 1.29 is 14.4 Å². The van der Waals surface area contributed by atoms with E-state index in [2.05, 4.69) is 5.32 Å². The van der Waals surface area contributed by atoms with Gasteiger partial charge in [0, 0.05) is 12.1 Å². The minimum absolute atomic E-state index is 0.118. The zero-order valence-electron chi connectivity index (χ0n) is 8.81. The van der Waals surface area contributed by atoms with Gasteiger partial charge in [-0.25, -0.2) is 4.39 Å². The van der Waals surface area contributed by atoms with Crippen molar-refractivity contribution in [1.29, 1.82) is 0 Å². The average Bonchev–Trinajstić information content (AvgIpc) is 2.27. The lowest BCUT2D eigenvalue weighted by Crippen LogP contribution is -2.23. The summed E-state index contributed by atoms with van der Waals surface area (Å²) in [6, 6.07) is 3.12. The summed E-state index contributed by atoms with van der Waals surface area (Å²) in [4.78, 5) is 9.72. The van der Waals surface area contributed by atoms with E-state index >= 15 is 0 Å². The third-order valence-corrected chi connectivity index (χ3v) is 2.24. The fraction of sp³-hybridized carbons (Fsp3) is 0.400. The Morgan fingerprint density at radius 1 is 1.62 bits per heavy atom. The Kier molecular flexibility index (Phi) is 4.19.